The lowest BCUT2D eigenvalue weighted by molar-refractivity contribution is 0.415. The van der Waals surface area contributed by atoms with E-state index < -0.39 is 0 Å². The van der Waals surface area contributed by atoms with E-state index in [1.54, 1.807) is 7.11 Å². The Morgan fingerprint density at radius 1 is 1.35 bits per heavy atom. The molecule has 3 rings (SSSR count). The van der Waals surface area contributed by atoms with Gasteiger partial charge in [-0.2, -0.15) is 0 Å². The lowest BCUT2D eigenvalue weighted by Gasteiger charge is -2.10. The molecule has 1 saturated carbocycles. The van der Waals surface area contributed by atoms with E-state index in [0.717, 1.165) is 29.2 Å². The Morgan fingerprint density at radius 2 is 2.15 bits per heavy atom. The van der Waals surface area contributed by atoms with Gasteiger partial charge in [-0.25, -0.2) is 4.98 Å². The van der Waals surface area contributed by atoms with Gasteiger partial charge in [-0.15, -0.1) is 0 Å². The predicted molar refractivity (Wildman–Crippen MR) is 81.9 cm³/mol. The van der Waals surface area contributed by atoms with Crippen LogP contribution in [0.2, 0.25) is 0 Å². The molecule has 0 aliphatic heterocycles. The van der Waals surface area contributed by atoms with E-state index >= 15 is 0 Å². The third kappa shape index (κ3) is 2.60. The highest BCUT2D eigenvalue weighted by molar-refractivity contribution is 5.79. The summed E-state index contributed by atoms with van der Waals surface area (Å²) in [5, 5.41) is 0. The number of methoxy groups -OCH3 is 1. The molecule has 1 aliphatic rings. The van der Waals surface area contributed by atoms with Gasteiger partial charge < -0.3 is 15.0 Å². The SMILES string of the molecule is COc1ccc2c(c1)nc(N)n2CCCC1CCCC1. The van der Waals surface area contributed by atoms with Crippen molar-refractivity contribution in [1.29, 1.82) is 0 Å². The molecule has 20 heavy (non-hydrogen) atoms. The maximum Gasteiger partial charge on any atom is 0.201 e. The van der Waals surface area contributed by atoms with Crippen molar-refractivity contribution >= 4 is 17.0 Å². The Labute approximate surface area is 119 Å². The number of aryl methyl sites for hydroxylation is 1. The third-order valence-corrected chi connectivity index (χ3v) is 4.45. The number of ether oxygens (including phenoxy) is 1. The molecule has 1 aromatic carbocycles. The molecule has 1 aromatic heterocycles. The molecule has 0 radical (unpaired) electrons. The Hall–Kier alpha value is -1.71. The molecule has 1 fully saturated rings. The third-order valence-electron chi connectivity index (χ3n) is 4.45. The number of aromatic nitrogens is 2. The number of hydrogen-bond donors (Lipinski definition) is 1. The molecule has 1 heterocycles. The molecule has 4 nitrogen and oxygen atoms in total. The topological polar surface area (TPSA) is 53.1 Å². The second-order valence-electron chi connectivity index (χ2n) is 5.77. The van der Waals surface area contributed by atoms with Gasteiger partial charge >= 0.3 is 0 Å². The summed E-state index contributed by atoms with van der Waals surface area (Å²) in [6.45, 7) is 0.963. The number of nitrogens with two attached hydrogens (primary N) is 1. The van der Waals surface area contributed by atoms with Crippen LogP contribution in [0, 0.1) is 5.92 Å². The first kappa shape index (κ1) is 13.3. The van der Waals surface area contributed by atoms with Gasteiger partial charge in [-0.3, -0.25) is 0 Å². The summed E-state index contributed by atoms with van der Waals surface area (Å²) in [7, 11) is 1.67. The smallest absolute Gasteiger partial charge is 0.201 e. The van der Waals surface area contributed by atoms with Crippen LogP contribution in [-0.4, -0.2) is 16.7 Å². The monoisotopic (exact) mass is 273 g/mol. The van der Waals surface area contributed by atoms with Crippen LogP contribution in [0.25, 0.3) is 11.0 Å². The van der Waals surface area contributed by atoms with Gasteiger partial charge in [0.1, 0.15) is 5.75 Å². The number of nitrogen functional groups attached to an aromatic ring is 1. The van der Waals surface area contributed by atoms with Gasteiger partial charge in [0.25, 0.3) is 0 Å². The van der Waals surface area contributed by atoms with Crippen molar-refractivity contribution in [3.63, 3.8) is 0 Å². The minimum absolute atomic E-state index is 0.611. The summed E-state index contributed by atoms with van der Waals surface area (Å²) in [6, 6.07) is 5.96. The van der Waals surface area contributed by atoms with Crippen LogP contribution in [0.1, 0.15) is 38.5 Å². The first-order valence-corrected chi connectivity index (χ1v) is 7.57. The zero-order chi connectivity index (χ0) is 13.9. The van der Waals surface area contributed by atoms with Gasteiger partial charge in [0.15, 0.2) is 0 Å². The number of imidazole rings is 1. The van der Waals surface area contributed by atoms with Crippen molar-refractivity contribution in [2.45, 2.75) is 45.1 Å². The molecule has 0 spiro atoms. The summed E-state index contributed by atoms with van der Waals surface area (Å²) in [5.74, 6) is 2.37. The van der Waals surface area contributed by atoms with Crippen molar-refractivity contribution in [1.82, 2.24) is 9.55 Å². The highest BCUT2D eigenvalue weighted by Gasteiger charge is 2.15. The van der Waals surface area contributed by atoms with Crippen LogP contribution < -0.4 is 10.5 Å². The van der Waals surface area contributed by atoms with E-state index in [1.165, 1.54) is 38.5 Å². The van der Waals surface area contributed by atoms with E-state index in [9.17, 15) is 0 Å². The van der Waals surface area contributed by atoms with Crippen molar-refractivity contribution in [3.05, 3.63) is 18.2 Å². The van der Waals surface area contributed by atoms with Crippen LogP contribution in [0.5, 0.6) is 5.75 Å². The molecule has 0 saturated heterocycles. The maximum absolute atomic E-state index is 6.05. The summed E-state index contributed by atoms with van der Waals surface area (Å²) < 4.78 is 7.36. The lowest BCUT2D eigenvalue weighted by atomic mass is 10.0. The highest BCUT2D eigenvalue weighted by Crippen LogP contribution is 2.29. The number of rotatable bonds is 5. The van der Waals surface area contributed by atoms with Gasteiger partial charge in [0.2, 0.25) is 5.95 Å². The Balaban J connectivity index is 1.71. The Bertz CT molecular complexity index is 585. The molecule has 4 heteroatoms. The zero-order valence-corrected chi connectivity index (χ0v) is 12.1. The average molecular weight is 273 g/mol. The fourth-order valence-electron chi connectivity index (χ4n) is 3.33. The number of nitrogens with zero attached hydrogens (tertiary/aromatic N) is 2. The molecular formula is C16H23N3O. The van der Waals surface area contributed by atoms with E-state index in [-0.39, 0.29) is 0 Å². The number of fused-ring (bicyclic) bond motifs is 1. The standard InChI is InChI=1S/C16H23N3O/c1-20-13-8-9-15-14(11-13)18-16(17)19(15)10-4-7-12-5-2-3-6-12/h8-9,11-12H,2-7,10H2,1H3,(H2,17,18). The van der Waals surface area contributed by atoms with Crippen LogP contribution in [0.4, 0.5) is 5.95 Å². The van der Waals surface area contributed by atoms with E-state index in [0.29, 0.717) is 5.95 Å². The summed E-state index contributed by atoms with van der Waals surface area (Å²) >= 11 is 0. The minimum Gasteiger partial charge on any atom is -0.497 e. The fraction of sp³-hybridized carbons (Fsp3) is 0.562. The number of benzene rings is 1. The minimum atomic E-state index is 0.611. The number of hydrogen-bond acceptors (Lipinski definition) is 3. The highest BCUT2D eigenvalue weighted by atomic mass is 16.5. The molecular weight excluding hydrogens is 250 g/mol. The molecule has 0 atom stereocenters. The molecule has 0 bridgehead atoms. The summed E-state index contributed by atoms with van der Waals surface area (Å²) in [6.07, 6.45) is 8.16. The second-order valence-corrected chi connectivity index (χ2v) is 5.77. The summed E-state index contributed by atoms with van der Waals surface area (Å²) in [4.78, 5) is 4.43. The molecule has 0 unspecified atom stereocenters. The predicted octanol–water partition coefficient (Wildman–Crippen LogP) is 3.60. The molecule has 1 aliphatic carbocycles. The van der Waals surface area contributed by atoms with Crippen molar-refractivity contribution < 1.29 is 4.74 Å². The quantitative estimate of drug-likeness (QED) is 0.905. The Kier molecular flexibility index (Phi) is 3.81. The molecule has 108 valence electrons. The van der Waals surface area contributed by atoms with E-state index in [2.05, 4.69) is 9.55 Å². The van der Waals surface area contributed by atoms with Gasteiger partial charge in [-0.05, 0) is 30.9 Å². The lowest BCUT2D eigenvalue weighted by Crippen LogP contribution is -2.05. The average Bonchev–Trinajstić information content (AvgIpc) is 3.06. The molecule has 2 N–H and O–H groups in total. The van der Waals surface area contributed by atoms with Gasteiger partial charge in [0.05, 0.1) is 18.1 Å². The zero-order valence-electron chi connectivity index (χ0n) is 12.1. The van der Waals surface area contributed by atoms with Crippen molar-refractivity contribution in [2.75, 3.05) is 12.8 Å². The van der Waals surface area contributed by atoms with Crippen LogP contribution >= 0.6 is 0 Å². The fourth-order valence-corrected chi connectivity index (χ4v) is 3.33. The van der Waals surface area contributed by atoms with E-state index in [1.807, 2.05) is 18.2 Å². The molecule has 2 aromatic rings. The van der Waals surface area contributed by atoms with Crippen LogP contribution in [-0.2, 0) is 6.54 Å². The summed E-state index contributed by atoms with van der Waals surface area (Å²) in [5.41, 5.74) is 8.08. The molecule has 0 amide bonds. The van der Waals surface area contributed by atoms with Gasteiger partial charge in [-0.1, -0.05) is 25.7 Å². The maximum atomic E-state index is 6.05. The largest absolute Gasteiger partial charge is 0.497 e. The van der Waals surface area contributed by atoms with Crippen molar-refractivity contribution in [3.8, 4) is 5.75 Å². The van der Waals surface area contributed by atoms with Crippen LogP contribution in [0.15, 0.2) is 18.2 Å². The number of anilines is 1. The van der Waals surface area contributed by atoms with Crippen LogP contribution in [0.3, 0.4) is 0 Å². The Morgan fingerprint density at radius 3 is 2.90 bits per heavy atom. The first-order valence-electron chi connectivity index (χ1n) is 7.57. The van der Waals surface area contributed by atoms with Gasteiger partial charge in [0, 0.05) is 12.6 Å². The first-order chi connectivity index (χ1) is 9.78. The normalized spacial score (nSPS) is 16.1. The van der Waals surface area contributed by atoms with E-state index in [4.69, 9.17) is 10.5 Å². The second kappa shape index (κ2) is 5.73. The van der Waals surface area contributed by atoms with Crippen molar-refractivity contribution in [2.24, 2.45) is 5.92 Å².